The lowest BCUT2D eigenvalue weighted by atomic mass is 10.1. The average molecular weight is 305 g/mol. The SMILES string of the molecule is CN(CC(=O)N1CCSc2ccccc21)C(CN)C1CC1. The van der Waals surface area contributed by atoms with Gasteiger partial charge in [0, 0.05) is 29.8 Å². The van der Waals surface area contributed by atoms with Crippen molar-refractivity contribution in [3.05, 3.63) is 24.3 Å². The Morgan fingerprint density at radius 1 is 1.48 bits per heavy atom. The summed E-state index contributed by atoms with van der Waals surface area (Å²) in [7, 11) is 2.03. The number of thioether (sulfide) groups is 1. The molecule has 0 bridgehead atoms. The first-order chi connectivity index (χ1) is 10.2. The van der Waals surface area contributed by atoms with Gasteiger partial charge in [0.05, 0.1) is 12.2 Å². The Morgan fingerprint density at radius 2 is 2.24 bits per heavy atom. The molecule has 3 rings (SSSR count). The van der Waals surface area contributed by atoms with Crippen molar-refractivity contribution < 1.29 is 4.79 Å². The largest absolute Gasteiger partial charge is 0.329 e. The maximum atomic E-state index is 12.7. The van der Waals surface area contributed by atoms with Gasteiger partial charge in [0.25, 0.3) is 0 Å². The Bertz CT molecular complexity index is 518. The molecular weight excluding hydrogens is 282 g/mol. The summed E-state index contributed by atoms with van der Waals surface area (Å²) in [6.45, 7) is 1.89. The second kappa shape index (κ2) is 6.38. The number of carbonyl (C=O) groups excluding carboxylic acids is 1. The van der Waals surface area contributed by atoms with Crippen molar-refractivity contribution in [2.45, 2.75) is 23.8 Å². The van der Waals surface area contributed by atoms with Gasteiger partial charge < -0.3 is 10.6 Å². The lowest BCUT2D eigenvalue weighted by molar-refractivity contribution is -0.120. The molecule has 0 spiro atoms. The third-order valence-corrected chi connectivity index (χ3v) is 5.43. The van der Waals surface area contributed by atoms with Gasteiger partial charge >= 0.3 is 0 Å². The highest BCUT2D eigenvalue weighted by molar-refractivity contribution is 7.99. The zero-order chi connectivity index (χ0) is 14.8. The highest BCUT2D eigenvalue weighted by Crippen LogP contribution is 2.36. The minimum Gasteiger partial charge on any atom is -0.329 e. The van der Waals surface area contributed by atoms with E-state index in [0.29, 0.717) is 25.0 Å². The van der Waals surface area contributed by atoms with Crippen LogP contribution in [0, 0.1) is 5.92 Å². The fourth-order valence-corrected chi connectivity index (χ4v) is 4.05. The third kappa shape index (κ3) is 3.25. The fraction of sp³-hybridized carbons (Fsp3) is 0.562. The Kier molecular flexibility index (Phi) is 4.52. The van der Waals surface area contributed by atoms with E-state index in [2.05, 4.69) is 11.0 Å². The summed E-state index contributed by atoms with van der Waals surface area (Å²) in [5, 5.41) is 0. The molecule has 2 aliphatic rings. The Balaban J connectivity index is 1.68. The summed E-state index contributed by atoms with van der Waals surface area (Å²) in [4.78, 5) is 18.0. The number of carbonyl (C=O) groups is 1. The van der Waals surface area contributed by atoms with Crippen LogP contribution in [-0.2, 0) is 4.79 Å². The van der Waals surface area contributed by atoms with Crippen LogP contribution in [0.15, 0.2) is 29.2 Å². The average Bonchev–Trinajstić information content (AvgIpc) is 3.32. The molecule has 1 amide bonds. The monoisotopic (exact) mass is 305 g/mol. The molecular formula is C16H23N3OS. The van der Waals surface area contributed by atoms with E-state index in [1.54, 1.807) is 0 Å². The molecule has 4 nitrogen and oxygen atoms in total. The maximum absolute atomic E-state index is 12.7. The van der Waals surface area contributed by atoms with Crippen LogP contribution < -0.4 is 10.6 Å². The van der Waals surface area contributed by atoms with Crippen LogP contribution in [-0.4, -0.2) is 49.3 Å². The van der Waals surface area contributed by atoms with Crippen LogP contribution in [0.2, 0.25) is 0 Å². The minimum absolute atomic E-state index is 0.185. The van der Waals surface area contributed by atoms with Gasteiger partial charge in [-0.15, -0.1) is 11.8 Å². The molecule has 21 heavy (non-hydrogen) atoms. The zero-order valence-electron chi connectivity index (χ0n) is 12.5. The quantitative estimate of drug-likeness (QED) is 0.901. The molecule has 1 heterocycles. The summed E-state index contributed by atoms with van der Waals surface area (Å²) in [6.07, 6.45) is 2.51. The molecule has 1 saturated carbocycles. The predicted octanol–water partition coefficient (Wildman–Crippen LogP) is 1.79. The fourth-order valence-electron chi connectivity index (χ4n) is 3.06. The van der Waals surface area contributed by atoms with E-state index in [1.807, 2.05) is 41.9 Å². The molecule has 0 aromatic heterocycles. The number of amides is 1. The zero-order valence-corrected chi connectivity index (χ0v) is 13.3. The Hall–Kier alpha value is -1.04. The van der Waals surface area contributed by atoms with Crippen LogP contribution in [0.5, 0.6) is 0 Å². The number of hydrogen-bond donors (Lipinski definition) is 1. The summed E-state index contributed by atoms with van der Waals surface area (Å²) >= 11 is 1.83. The molecule has 1 aliphatic heterocycles. The first kappa shape index (κ1) is 14.9. The number of nitrogens with zero attached hydrogens (tertiary/aromatic N) is 2. The van der Waals surface area contributed by atoms with Crippen LogP contribution in [0.4, 0.5) is 5.69 Å². The van der Waals surface area contributed by atoms with Gasteiger partial charge in [-0.25, -0.2) is 0 Å². The Morgan fingerprint density at radius 3 is 2.95 bits per heavy atom. The second-order valence-corrected chi connectivity index (χ2v) is 7.05. The van der Waals surface area contributed by atoms with E-state index < -0.39 is 0 Å². The number of rotatable bonds is 5. The number of likely N-dealkylation sites (N-methyl/N-ethyl adjacent to an activating group) is 1. The molecule has 1 fully saturated rings. The van der Waals surface area contributed by atoms with E-state index in [0.717, 1.165) is 18.0 Å². The van der Waals surface area contributed by atoms with Crippen molar-refractivity contribution in [3.8, 4) is 0 Å². The van der Waals surface area contributed by atoms with Gasteiger partial charge in [0.15, 0.2) is 0 Å². The van der Waals surface area contributed by atoms with Gasteiger partial charge in [-0.05, 0) is 37.9 Å². The number of para-hydroxylation sites is 1. The van der Waals surface area contributed by atoms with Crippen molar-refractivity contribution in [2.75, 3.05) is 37.3 Å². The van der Waals surface area contributed by atoms with E-state index >= 15 is 0 Å². The van der Waals surface area contributed by atoms with E-state index in [-0.39, 0.29) is 5.91 Å². The molecule has 2 N–H and O–H groups in total. The molecule has 1 aliphatic carbocycles. The molecule has 1 unspecified atom stereocenters. The summed E-state index contributed by atoms with van der Waals surface area (Å²) in [5.74, 6) is 1.84. The number of anilines is 1. The first-order valence-corrected chi connectivity index (χ1v) is 8.61. The van der Waals surface area contributed by atoms with Crippen LogP contribution in [0.25, 0.3) is 0 Å². The number of fused-ring (bicyclic) bond motifs is 1. The molecule has 0 saturated heterocycles. The second-order valence-electron chi connectivity index (χ2n) is 5.92. The molecule has 1 atom stereocenters. The molecule has 114 valence electrons. The summed E-state index contributed by atoms with van der Waals surface area (Å²) < 4.78 is 0. The normalized spacial score (nSPS) is 19.5. The number of benzene rings is 1. The summed E-state index contributed by atoms with van der Waals surface area (Å²) in [6, 6.07) is 8.52. The molecule has 1 aromatic carbocycles. The minimum atomic E-state index is 0.185. The molecule has 1 aromatic rings. The summed E-state index contributed by atoms with van der Waals surface area (Å²) in [5.41, 5.74) is 6.93. The van der Waals surface area contributed by atoms with E-state index in [9.17, 15) is 4.79 Å². The van der Waals surface area contributed by atoms with Crippen LogP contribution in [0.3, 0.4) is 0 Å². The third-order valence-electron chi connectivity index (χ3n) is 4.39. The van der Waals surface area contributed by atoms with Crippen molar-refractivity contribution in [3.63, 3.8) is 0 Å². The van der Waals surface area contributed by atoms with Crippen molar-refractivity contribution in [1.82, 2.24) is 4.90 Å². The molecule has 5 heteroatoms. The van der Waals surface area contributed by atoms with Crippen molar-refractivity contribution in [1.29, 1.82) is 0 Å². The van der Waals surface area contributed by atoms with Gasteiger partial charge in [-0.2, -0.15) is 0 Å². The van der Waals surface area contributed by atoms with Gasteiger partial charge in [-0.1, -0.05) is 12.1 Å². The van der Waals surface area contributed by atoms with Crippen molar-refractivity contribution >= 4 is 23.4 Å². The molecule has 0 radical (unpaired) electrons. The number of nitrogens with two attached hydrogens (primary N) is 1. The number of hydrogen-bond acceptors (Lipinski definition) is 4. The smallest absolute Gasteiger partial charge is 0.241 e. The first-order valence-electron chi connectivity index (χ1n) is 7.63. The van der Waals surface area contributed by atoms with E-state index in [4.69, 9.17) is 5.73 Å². The van der Waals surface area contributed by atoms with Crippen LogP contribution in [0.1, 0.15) is 12.8 Å². The Labute approximate surface area is 130 Å². The van der Waals surface area contributed by atoms with Gasteiger partial charge in [0.1, 0.15) is 0 Å². The highest BCUT2D eigenvalue weighted by atomic mass is 32.2. The predicted molar refractivity (Wildman–Crippen MR) is 87.7 cm³/mol. The highest BCUT2D eigenvalue weighted by Gasteiger charge is 2.34. The van der Waals surface area contributed by atoms with Gasteiger partial charge in [-0.3, -0.25) is 9.69 Å². The topological polar surface area (TPSA) is 49.6 Å². The lowest BCUT2D eigenvalue weighted by Crippen LogP contribution is -2.47. The maximum Gasteiger partial charge on any atom is 0.241 e. The van der Waals surface area contributed by atoms with E-state index in [1.165, 1.54) is 17.7 Å². The van der Waals surface area contributed by atoms with Crippen molar-refractivity contribution in [2.24, 2.45) is 11.7 Å². The lowest BCUT2D eigenvalue weighted by Gasteiger charge is -2.32. The standard InChI is InChI=1S/C16H23N3OS/c1-18(14(10-17)12-6-7-12)11-16(20)19-8-9-21-15-5-3-2-4-13(15)19/h2-5,12,14H,6-11,17H2,1H3. The van der Waals surface area contributed by atoms with Crippen LogP contribution >= 0.6 is 11.8 Å². The van der Waals surface area contributed by atoms with Gasteiger partial charge in [0.2, 0.25) is 5.91 Å².